The molecule has 0 unspecified atom stereocenters. The molecule has 0 aromatic carbocycles. The molecular weight excluding hydrogens is 166 g/mol. The lowest BCUT2D eigenvalue weighted by Crippen LogP contribution is -2.30. The molecule has 1 aliphatic heterocycles. The van der Waals surface area contributed by atoms with Crippen LogP contribution in [-0.2, 0) is 0 Å². The third-order valence-electron chi connectivity index (χ3n) is 0.487. The van der Waals surface area contributed by atoms with E-state index in [0.717, 1.165) is 0 Å². The van der Waals surface area contributed by atoms with Gasteiger partial charge in [0.15, 0.2) is 0 Å². The lowest BCUT2D eigenvalue weighted by Gasteiger charge is -1.72. The summed E-state index contributed by atoms with van der Waals surface area (Å²) in [4.78, 5) is 0. The Labute approximate surface area is 60.1 Å². The van der Waals surface area contributed by atoms with Crippen LogP contribution in [0.4, 0.5) is 0 Å². The Bertz CT molecular complexity index is 80.4. The number of halogens is 1. The zero-order valence-corrected chi connectivity index (χ0v) is 6.06. The van der Waals surface area contributed by atoms with E-state index in [1.165, 1.54) is 12.2 Å². The van der Waals surface area contributed by atoms with Gasteiger partial charge in [0.1, 0.15) is 0 Å². The molecule has 0 aliphatic carbocycles. The maximum Gasteiger partial charge on any atom is 0.282 e. The van der Waals surface area contributed by atoms with Crippen LogP contribution in [0.15, 0.2) is 4.40 Å². The van der Waals surface area contributed by atoms with Gasteiger partial charge in [0.05, 0.1) is 0 Å². The molecule has 0 atom stereocenters. The summed E-state index contributed by atoms with van der Waals surface area (Å²) in [5, 5.41) is 0. The van der Waals surface area contributed by atoms with Crippen LogP contribution in [0.3, 0.4) is 0 Å². The fourth-order valence-electron chi connectivity index (χ4n) is 0.264. The van der Waals surface area contributed by atoms with Gasteiger partial charge in [0.25, 0.3) is 10.8 Å². The molecule has 0 aromatic heterocycles. The lowest BCUT2D eigenvalue weighted by molar-refractivity contribution is -1.63. The largest absolute Gasteiger partial charge is 0.321 e. The van der Waals surface area contributed by atoms with Gasteiger partial charge in [-0.05, 0) is 18.4 Å². The summed E-state index contributed by atoms with van der Waals surface area (Å²) >= 11 is 1.64. The summed E-state index contributed by atoms with van der Waals surface area (Å²) in [6.07, 6.45) is 3.12. The number of nitrogens with zero attached hydrogens (tertiary/aromatic N) is 1. The summed E-state index contributed by atoms with van der Waals surface area (Å²) in [5.74, 6) is 1.19. The molecule has 1 heterocycles. The SMILES string of the molecule is C1=NSCC1.[O-][Cl+2]([O-])O. The van der Waals surface area contributed by atoms with E-state index >= 15 is 0 Å². The minimum atomic E-state index is -2.60. The van der Waals surface area contributed by atoms with E-state index in [1.54, 1.807) is 11.9 Å². The highest BCUT2D eigenvalue weighted by molar-refractivity contribution is 7.98. The van der Waals surface area contributed by atoms with E-state index in [4.69, 9.17) is 14.0 Å². The minimum absolute atomic E-state index is 1.17. The van der Waals surface area contributed by atoms with Crippen molar-refractivity contribution in [1.29, 1.82) is 0 Å². The number of hydrogen-bond acceptors (Lipinski definition) is 5. The third kappa shape index (κ3) is 11.7. The number of hydrogen-bond donors (Lipinski definition) is 1. The molecule has 1 N–H and O–H groups in total. The average molecular weight is 172 g/mol. The van der Waals surface area contributed by atoms with Gasteiger partial charge >= 0.3 is 0 Å². The average Bonchev–Trinajstić information content (AvgIpc) is 2.11. The summed E-state index contributed by atoms with van der Waals surface area (Å²) in [6, 6.07) is 0. The van der Waals surface area contributed by atoms with Gasteiger partial charge in [-0.1, -0.05) is 0 Å². The second kappa shape index (κ2) is 6.31. The Morgan fingerprint density at radius 2 is 2.22 bits per heavy atom. The molecule has 0 spiro atoms. The Morgan fingerprint density at radius 1 is 1.67 bits per heavy atom. The Balaban J connectivity index is 0.000000148. The zero-order chi connectivity index (χ0) is 7.11. The van der Waals surface area contributed by atoms with Crippen molar-refractivity contribution in [1.82, 2.24) is 0 Å². The first-order chi connectivity index (χ1) is 4.23. The molecule has 0 amide bonds. The van der Waals surface area contributed by atoms with Crippen LogP contribution < -0.4 is 9.32 Å². The molecule has 54 valence electrons. The standard InChI is InChI=1S/C3H5NS.ClHO3/c1-2-4-5-3-1;2-1(3)4/h2H,1,3H2;2H. The Kier molecular flexibility index (Phi) is 6.45. The van der Waals surface area contributed by atoms with Crippen LogP contribution in [0.2, 0.25) is 0 Å². The van der Waals surface area contributed by atoms with E-state index in [-0.39, 0.29) is 0 Å². The first kappa shape index (κ1) is 9.19. The van der Waals surface area contributed by atoms with Crippen LogP contribution in [0.5, 0.6) is 0 Å². The second-order valence-corrected chi connectivity index (χ2v) is 2.39. The molecule has 0 saturated carbocycles. The van der Waals surface area contributed by atoms with Gasteiger partial charge in [-0.25, -0.2) is 4.40 Å². The summed E-state index contributed by atoms with van der Waals surface area (Å²) in [6.45, 7) is 0. The Hall–Kier alpha value is 0.190. The van der Waals surface area contributed by atoms with E-state index in [1.807, 2.05) is 6.21 Å². The van der Waals surface area contributed by atoms with Crippen LogP contribution in [-0.4, -0.2) is 16.6 Å². The van der Waals surface area contributed by atoms with Crippen molar-refractivity contribution < 1.29 is 24.8 Å². The van der Waals surface area contributed by atoms with E-state index in [0.29, 0.717) is 0 Å². The van der Waals surface area contributed by atoms with Gasteiger partial charge in [0, 0.05) is 16.6 Å². The predicted molar refractivity (Wildman–Crippen MR) is 27.8 cm³/mol. The van der Waals surface area contributed by atoms with Crippen LogP contribution >= 0.6 is 11.9 Å². The first-order valence-corrected chi connectivity index (χ1v) is 4.01. The van der Waals surface area contributed by atoms with E-state index < -0.39 is 10.8 Å². The van der Waals surface area contributed by atoms with Crippen LogP contribution in [0.1, 0.15) is 6.42 Å². The minimum Gasteiger partial charge on any atom is -0.321 e. The van der Waals surface area contributed by atoms with Gasteiger partial charge in [-0.3, -0.25) is 0 Å². The maximum atomic E-state index is 8.52. The van der Waals surface area contributed by atoms with Gasteiger partial charge in [0.2, 0.25) is 0 Å². The molecule has 9 heavy (non-hydrogen) atoms. The van der Waals surface area contributed by atoms with Crippen molar-refractivity contribution in [2.45, 2.75) is 6.42 Å². The third-order valence-corrected chi connectivity index (χ3v) is 1.20. The van der Waals surface area contributed by atoms with Gasteiger partial charge < -0.3 is 9.32 Å². The molecule has 0 saturated heterocycles. The molecular formula is C3H6ClNO3S. The normalized spacial score (nSPS) is 15.6. The smallest absolute Gasteiger partial charge is 0.282 e. The summed E-state index contributed by atoms with van der Waals surface area (Å²) in [5.41, 5.74) is 0. The van der Waals surface area contributed by atoms with E-state index in [9.17, 15) is 0 Å². The predicted octanol–water partition coefficient (Wildman–Crippen LogP) is -1.83. The van der Waals surface area contributed by atoms with Gasteiger partial charge in [-0.2, -0.15) is 0 Å². The fourth-order valence-corrected chi connectivity index (χ4v) is 0.791. The van der Waals surface area contributed by atoms with Gasteiger partial charge in [-0.15, -0.1) is 0 Å². The molecule has 4 nitrogen and oxygen atoms in total. The molecule has 0 bridgehead atoms. The van der Waals surface area contributed by atoms with Crippen LogP contribution in [0, 0.1) is 10.8 Å². The van der Waals surface area contributed by atoms with Crippen molar-refractivity contribution in [3.63, 3.8) is 0 Å². The van der Waals surface area contributed by atoms with Crippen molar-refractivity contribution in [3.8, 4) is 0 Å². The fraction of sp³-hybridized carbons (Fsp3) is 0.667. The highest BCUT2D eigenvalue weighted by Crippen LogP contribution is 2.07. The molecule has 6 heteroatoms. The van der Waals surface area contributed by atoms with Crippen molar-refractivity contribution in [2.75, 3.05) is 5.75 Å². The van der Waals surface area contributed by atoms with Crippen molar-refractivity contribution in [3.05, 3.63) is 0 Å². The van der Waals surface area contributed by atoms with Crippen molar-refractivity contribution >= 4 is 18.2 Å². The van der Waals surface area contributed by atoms with Crippen molar-refractivity contribution in [2.24, 2.45) is 4.40 Å². The highest BCUT2D eigenvalue weighted by Gasteiger charge is 1.87. The first-order valence-electron chi connectivity index (χ1n) is 2.12. The monoisotopic (exact) mass is 171 g/mol. The second-order valence-electron chi connectivity index (χ2n) is 1.11. The molecule has 1 aliphatic rings. The molecule has 0 fully saturated rings. The van der Waals surface area contributed by atoms with E-state index in [2.05, 4.69) is 4.40 Å². The Morgan fingerprint density at radius 3 is 2.33 bits per heavy atom. The lowest BCUT2D eigenvalue weighted by atomic mass is 10.6. The summed E-state index contributed by atoms with van der Waals surface area (Å²) < 4.78 is 27.8. The summed E-state index contributed by atoms with van der Waals surface area (Å²) in [7, 11) is -2.60. The maximum absolute atomic E-state index is 8.52. The quantitative estimate of drug-likeness (QED) is 0.435. The topological polar surface area (TPSA) is 78.7 Å². The van der Waals surface area contributed by atoms with Crippen LogP contribution in [0.25, 0.3) is 0 Å². The number of rotatable bonds is 0. The molecule has 1 rings (SSSR count). The molecule has 0 radical (unpaired) electrons. The zero-order valence-electron chi connectivity index (χ0n) is 4.49. The molecule has 0 aromatic rings. The highest BCUT2D eigenvalue weighted by atomic mass is 35.6.